The Bertz CT molecular complexity index is 876. The van der Waals surface area contributed by atoms with Crippen LogP contribution in [0, 0.1) is 0 Å². The number of ether oxygens (including phenoxy) is 1. The van der Waals surface area contributed by atoms with Crippen molar-refractivity contribution in [3.8, 4) is 0 Å². The summed E-state index contributed by atoms with van der Waals surface area (Å²) >= 11 is 0.860. The van der Waals surface area contributed by atoms with E-state index < -0.39 is 35.1 Å². The minimum absolute atomic E-state index is 0.0263. The molecule has 0 radical (unpaired) electrons. The molecular formula is C19H18N2O6S. The van der Waals surface area contributed by atoms with Gasteiger partial charge in [-0.3, -0.25) is 28.9 Å². The predicted molar refractivity (Wildman–Crippen MR) is 100 cm³/mol. The van der Waals surface area contributed by atoms with Crippen LogP contribution in [0.15, 0.2) is 36.4 Å². The van der Waals surface area contributed by atoms with Crippen LogP contribution >= 0.6 is 11.8 Å². The molecule has 28 heavy (non-hydrogen) atoms. The molecule has 0 spiro atoms. The number of likely N-dealkylation sites (tertiary alicyclic amines) is 1. The number of benzene rings is 1. The zero-order valence-corrected chi connectivity index (χ0v) is 16.2. The van der Waals surface area contributed by atoms with Gasteiger partial charge in [-0.15, -0.1) is 0 Å². The first-order valence-corrected chi connectivity index (χ1v) is 9.32. The molecule has 8 nitrogen and oxygen atoms in total. The van der Waals surface area contributed by atoms with Gasteiger partial charge >= 0.3 is 5.97 Å². The van der Waals surface area contributed by atoms with Crippen LogP contribution in [0.25, 0.3) is 0 Å². The minimum Gasteiger partial charge on any atom is -0.469 e. The van der Waals surface area contributed by atoms with Crippen molar-refractivity contribution in [1.29, 1.82) is 0 Å². The van der Waals surface area contributed by atoms with Crippen molar-refractivity contribution >= 4 is 40.6 Å². The predicted octanol–water partition coefficient (Wildman–Crippen LogP) is 1.22. The van der Waals surface area contributed by atoms with Gasteiger partial charge in [0.15, 0.2) is 5.12 Å². The summed E-state index contributed by atoms with van der Waals surface area (Å²) in [6, 6.07) is 5.26. The van der Waals surface area contributed by atoms with Crippen LogP contribution in [0.2, 0.25) is 0 Å². The third-order valence-electron chi connectivity index (χ3n) is 4.52. The number of esters is 1. The largest absolute Gasteiger partial charge is 0.469 e. The standard InChI is InChI=1S/C19H18N2O6S/c1-10(8-14(23)27-3)9-20-18(26)15(19(20)28-11(2)22)21-16(24)12-6-4-5-7-13(12)17(21)25/h4-7,15,19H,1,8-9H2,2-3H3. The van der Waals surface area contributed by atoms with E-state index in [1.54, 1.807) is 12.1 Å². The maximum absolute atomic E-state index is 12.8. The Labute approximate surface area is 165 Å². The molecule has 0 N–H and O–H groups in total. The van der Waals surface area contributed by atoms with Crippen LogP contribution in [0.5, 0.6) is 0 Å². The number of imide groups is 1. The molecule has 9 heteroatoms. The Balaban J connectivity index is 1.82. The van der Waals surface area contributed by atoms with Gasteiger partial charge < -0.3 is 9.64 Å². The quantitative estimate of drug-likeness (QED) is 0.305. The van der Waals surface area contributed by atoms with E-state index in [2.05, 4.69) is 11.3 Å². The molecule has 0 aromatic heterocycles. The smallest absolute Gasteiger partial charge is 0.309 e. The zero-order valence-electron chi connectivity index (χ0n) is 15.3. The fraction of sp³-hybridized carbons (Fsp3) is 0.316. The second-order valence-electron chi connectivity index (χ2n) is 6.44. The molecule has 2 aliphatic rings. The van der Waals surface area contributed by atoms with Gasteiger partial charge in [-0.2, -0.15) is 0 Å². The lowest BCUT2D eigenvalue weighted by Gasteiger charge is -2.48. The SMILES string of the molecule is C=C(CC(=O)OC)CN1C(=O)C(N2C(=O)c3ccccc3C2=O)C1SC(C)=O. The number of methoxy groups -OCH3 is 1. The highest BCUT2D eigenvalue weighted by Crippen LogP contribution is 2.38. The molecule has 0 bridgehead atoms. The minimum atomic E-state index is -1.08. The van der Waals surface area contributed by atoms with Crippen molar-refractivity contribution in [2.24, 2.45) is 0 Å². The number of thioether (sulfide) groups is 1. The average Bonchev–Trinajstić information content (AvgIpc) is 2.90. The van der Waals surface area contributed by atoms with E-state index in [9.17, 15) is 24.0 Å². The van der Waals surface area contributed by atoms with Crippen molar-refractivity contribution in [3.05, 3.63) is 47.5 Å². The van der Waals surface area contributed by atoms with E-state index in [0.717, 1.165) is 16.7 Å². The summed E-state index contributed by atoms with van der Waals surface area (Å²) in [6.45, 7) is 5.13. The molecule has 146 valence electrons. The third-order valence-corrected chi connectivity index (χ3v) is 5.61. The number of nitrogens with zero attached hydrogens (tertiary/aromatic N) is 2. The number of rotatable bonds is 6. The Kier molecular flexibility index (Phi) is 5.37. The summed E-state index contributed by atoms with van der Waals surface area (Å²) < 4.78 is 4.58. The number of hydrogen-bond acceptors (Lipinski definition) is 7. The van der Waals surface area contributed by atoms with E-state index in [-0.39, 0.29) is 29.2 Å². The number of hydrogen-bond donors (Lipinski definition) is 0. The van der Waals surface area contributed by atoms with Gasteiger partial charge in [0, 0.05) is 13.5 Å². The molecule has 2 heterocycles. The van der Waals surface area contributed by atoms with Gasteiger partial charge in [-0.05, 0) is 17.7 Å². The van der Waals surface area contributed by atoms with Crippen LogP contribution < -0.4 is 0 Å². The van der Waals surface area contributed by atoms with E-state index in [1.165, 1.54) is 31.1 Å². The summed E-state index contributed by atoms with van der Waals surface area (Å²) in [5.74, 6) is -2.08. The van der Waals surface area contributed by atoms with E-state index in [1.807, 2.05) is 0 Å². The number of carbonyl (C=O) groups is 5. The maximum atomic E-state index is 12.8. The van der Waals surface area contributed by atoms with Crippen molar-refractivity contribution in [3.63, 3.8) is 0 Å². The molecule has 2 unspecified atom stereocenters. The van der Waals surface area contributed by atoms with Gasteiger partial charge in [0.1, 0.15) is 11.4 Å². The van der Waals surface area contributed by atoms with Crippen LogP contribution in [0.4, 0.5) is 0 Å². The van der Waals surface area contributed by atoms with Crippen LogP contribution in [0.3, 0.4) is 0 Å². The number of β-lactam (4-membered cyclic amide) rings is 1. The topological polar surface area (TPSA) is 101 Å². The lowest BCUT2D eigenvalue weighted by Crippen LogP contribution is -2.70. The van der Waals surface area contributed by atoms with Gasteiger partial charge in [-0.1, -0.05) is 30.5 Å². The van der Waals surface area contributed by atoms with Crippen molar-refractivity contribution < 1.29 is 28.7 Å². The molecule has 0 aliphatic carbocycles. The monoisotopic (exact) mass is 402 g/mol. The Morgan fingerprint density at radius 2 is 1.71 bits per heavy atom. The highest BCUT2D eigenvalue weighted by atomic mass is 32.2. The van der Waals surface area contributed by atoms with Gasteiger partial charge in [0.25, 0.3) is 11.8 Å². The first kappa shape index (κ1) is 19.8. The fourth-order valence-corrected chi connectivity index (χ4v) is 4.26. The molecular weight excluding hydrogens is 384 g/mol. The van der Waals surface area contributed by atoms with E-state index in [4.69, 9.17) is 0 Å². The molecule has 1 fully saturated rings. The van der Waals surface area contributed by atoms with Crippen molar-refractivity contribution in [2.45, 2.75) is 24.8 Å². The van der Waals surface area contributed by atoms with Crippen molar-refractivity contribution in [1.82, 2.24) is 9.80 Å². The van der Waals surface area contributed by atoms with E-state index in [0.29, 0.717) is 5.57 Å². The third kappa shape index (κ3) is 3.33. The molecule has 1 aromatic carbocycles. The first-order chi connectivity index (χ1) is 13.3. The second kappa shape index (κ2) is 7.59. The van der Waals surface area contributed by atoms with Crippen LogP contribution in [-0.4, -0.2) is 63.7 Å². The van der Waals surface area contributed by atoms with Crippen molar-refractivity contribution in [2.75, 3.05) is 13.7 Å². The molecule has 1 aromatic rings. The normalized spacial score (nSPS) is 20.7. The summed E-state index contributed by atoms with van der Waals surface area (Å²) in [7, 11) is 1.25. The Morgan fingerprint density at radius 3 is 2.21 bits per heavy atom. The van der Waals surface area contributed by atoms with Gasteiger partial charge in [0.05, 0.1) is 24.7 Å². The number of carbonyl (C=O) groups excluding carboxylic acids is 5. The van der Waals surface area contributed by atoms with E-state index >= 15 is 0 Å². The molecule has 2 atom stereocenters. The molecule has 1 saturated heterocycles. The molecule has 2 aliphatic heterocycles. The Hall–Kier alpha value is -2.94. The average molecular weight is 402 g/mol. The fourth-order valence-electron chi connectivity index (χ4n) is 3.24. The number of amides is 3. The lowest BCUT2D eigenvalue weighted by atomic mass is 10.0. The molecule has 3 amide bonds. The highest BCUT2D eigenvalue weighted by molar-refractivity contribution is 8.14. The summed E-state index contributed by atoms with van der Waals surface area (Å²) in [6.07, 6.45) is -0.0740. The highest BCUT2D eigenvalue weighted by Gasteiger charge is 2.56. The summed E-state index contributed by atoms with van der Waals surface area (Å²) in [4.78, 5) is 63.5. The zero-order chi connectivity index (χ0) is 20.6. The van der Waals surface area contributed by atoms with Gasteiger partial charge in [-0.25, -0.2) is 0 Å². The summed E-state index contributed by atoms with van der Waals surface area (Å²) in [5.41, 5.74) is 0.899. The van der Waals surface area contributed by atoms with Crippen LogP contribution in [-0.2, 0) is 19.1 Å². The molecule has 3 rings (SSSR count). The second-order valence-corrected chi connectivity index (χ2v) is 7.73. The Morgan fingerprint density at radius 1 is 1.14 bits per heavy atom. The lowest BCUT2D eigenvalue weighted by molar-refractivity contribution is -0.149. The maximum Gasteiger partial charge on any atom is 0.309 e. The number of fused-ring (bicyclic) bond motifs is 1. The van der Waals surface area contributed by atoms with Gasteiger partial charge in [0.2, 0.25) is 5.91 Å². The van der Waals surface area contributed by atoms with Crippen LogP contribution in [0.1, 0.15) is 34.1 Å². The first-order valence-electron chi connectivity index (χ1n) is 8.44. The summed E-state index contributed by atoms with van der Waals surface area (Å²) in [5, 5.41) is -0.996. The molecule has 0 saturated carbocycles.